The van der Waals surface area contributed by atoms with Gasteiger partial charge in [-0.1, -0.05) is 6.07 Å². The minimum absolute atomic E-state index is 0.00632. The summed E-state index contributed by atoms with van der Waals surface area (Å²) >= 11 is 1.16. The molecule has 1 heterocycles. The van der Waals surface area contributed by atoms with Crippen LogP contribution in [0.1, 0.15) is 11.1 Å². The van der Waals surface area contributed by atoms with Crippen LogP contribution in [0, 0.1) is 13.8 Å². The van der Waals surface area contributed by atoms with Gasteiger partial charge in [0.05, 0.1) is 9.79 Å². The van der Waals surface area contributed by atoms with E-state index >= 15 is 0 Å². The monoisotopic (exact) mass is 423 g/mol. The Balaban J connectivity index is 1.80. The molecule has 0 bridgehead atoms. The Bertz CT molecular complexity index is 1150. The summed E-state index contributed by atoms with van der Waals surface area (Å²) in [6.45, 7) is 3.74. The summed E-state index contributed by atoms with van der Waals surface area (Å²) in [7, 11) is -7.55. The van der Waals surface area contributed by atoms with E-state index < -0.39 is 20.0 Å². The highest BCUT2D eigenvalue weighted by atomic mass is 32.2. The van der Waals surface area contributed by atoms with E-state index in [1.54, 1.807) is 17.5 Å². The third-order valence-electron chi connectivity index (χ3n) is 3.86. The summed E-state index contributed by atoms with van der Waals surface area (Å²) in [5.74, 6) is 0. The molecule has 2 N–H and O–H groups in total. The van der Waals surface area contributed by atoms with Crippen molar-refractivity contribution in [2.45, 2.75) is 23.6 Å². The number of nitrogens with zero attached hydrogens (tertiary/aromatic N) is 1. The minimum atomic E-state index is -3.79. The van der Waals surface area contributed by atoms with Gasteiger partial charge in [-0.15, -0.1) is 11.3 Å². The molecule has 3 aromatic rings. The van der Waals surface area contributed by atoms with Crippen molar-refractivity contribution >= 4 is 42.2 Å². The smallest absolute Gasteiger partial charge is 0.263 e. The SMILES string of the molecule is Cc1ccc(S(=O)(=O)Nc2ccc(S(=O)(=O)Nc3nccs3)cc2)cc1C. The van der Waals surface area contributed by atoms with Gasteiger partial charge in [0.15, 0.2) is 5.13 Å². The molecule has 0 aliphatic rings. The molecule has 0 amide bonds. The maximum absolute atomic E-state index is 12.5. The second-order valence-electron chi connectivity index (χ2n) is 5.82. The first-order valence-electron chi connectivity index (χ1n) is 7.80. The maximum Gasteiger partial charge on any atom is 0.263 e. The van der Waals surface area contributed by atoms with E-state index in [4.69, 9.17) is 0 Å². The van der Waals surface area contributed by atoms with Gasteiger partial charge < -0.3 is 0 Å². The standard InChI is InChI=1S/C17H17N3O4S3/c1-12-3-6-16(11-13(12)2)27(23,24)19-14-4-7-15(8-5-14)26(21,22)20-17-18-9-10-25-17/h3-11,19H,1-2H3,(H,18,20). The number of rotatable bonds is 6. The van der Waals surface area contributed by atoms with Crippen LogP contribution in [0.5, 0.6) is 0 Å². The van der Waals surface area contributed by atoms with E-state index in [0.717, 1.165) is 22.5 Å². The first kappa shape index (κ1) is 19.3. The van der Waals surface area contributed by atoms with E-state index in [1.807, 2.05) is 13.8 Å². The fraction of sp³-hybridized carbons (Fsp3) is 0.118. The lowest BCUT2D eigenvalue weighted by Crippen LogP contribution is -2.14. The molecular weight excluding hydrogens is 406 g/mol. The second kappa shape index (κ2) is 7.29. The van der Waals surface area contributed by atoms with E-state index in [9.17, 15) is 16.8 Å². The second-order valence-corrected chi connectivity index (χ2v) is 10.1. The van der Waals surface area contributed by atoms with Crippen molar-refractivity contribution in [1.82, 2.24) is 4.98 Å². The molecule has 10 heteroatoms. The number of anilines is 2. The Morgan fingerprint density at radius 1 is 0.815 bits per heavy atom. The predicted octanol–water partition coefficient (Wildman–Crippen LogP) is 3.36. The zero-order valence-corrected chi connectivity index (χ0v) is 17.0. The summed E-state index contributed by atoms with van der Waals surface area (Å²) in [6, 6.07) is 10.3. The van der Waals surface area contributed by atoms with Crippen LogP contribution in [0.2, 0.25) is 0 Å². The van der Waals surface area contributed by atoms with Gasteiger partial charge in [0.25, 0.3) is 20.0 Å². The van der Waals surface area contributed by atoms with E-state index in [0.29, 0.717) is 0 Å². The lowest BCUT2D eigenvalue weighted by atomic mass is 10.1. The molecule has 0 saturated heterocycles. The van der Waals surface area contributed by atoms with Gasteiger partial charge in [0.1, 0.15) is 0 Å². The number of nitrogens with one attached hydrogen (secondary N) is 2. The van der Waals surface area contributed by atoms with Gasteiger partial charge >= 0.3 is 0 Å². The average molecular weight is 424 g/mol. The summed E-state index contributed by atoms with van der Waals surface area (Å²) in [4.78, 5) is 4.03. The fourth-order valence-electron chi connectivity index (χ4n) is 2.24. The highest BCUT2D eigenvalue weighted by Gasteiger charge is 2.18. The number of hydrogen-bond donors (Lipinski definition) is 2. The number of thiazole rings is 1. The van der Waals surface area contributed by atoms with Crippen LogP contribution in [0.25, 0.3) is 0 Å². The van der Waals surface area contributed by atoms with Gasteiger partial charge in [0, 0.05) is 17.3 Å². The first-order chi connectivity index (χ1) is 12.7. The summed E-state index contributed by atoms with van der Waals surface area (Å²) < 4.78 is 54.4. The lowest BCUT2D eigenvalue weighted by molar-refractivity contribution is 0.600. The summed E-state index contributed by atoms with van der Waals surface area (Å²) in [6.07, 6.45) is 1.49. The van der Waals surface area contributed by atoms with Gasteiger partial charge in [0.2, 0.25) is 0 Å². The number of aryl methyl sites for hydroxylation is 2. The molecule has 0 unspecified atom stereocenters. The quantitative estimate of drug-likeness (QED) is 0.632. The molecular formula is C17H17N3O4S3. The van der Waals surface area contributed by atoms with Gasteiger partial charge in [-0.25, -0.2) is 21.8 Å². The van der Waals surface area contributed by atoms with Crippen molar-refractivity contribution in [3.05, 3.63) is 65.2 Å². The third-order valence-corrected chi connectivity index (χ3v) is 7.41. The average Bonchev–Trinajstić information content (AvgIpc) is 3.09. The molecule has 0 radical (unpaired) electrons. The van der Waals surface area contributed by atoms with Gasteiger partial charge in [-0.3, -0.25) is 9.44 Å². The predicted molar refractivity (Wildman–Crippen MR) is 106 cm³/mol. The first-order valence-corrected chi connectivity index (χ1v) is 11.6. The molecule has 2 aromatic carbocycles. The Morgan fingerprint density at radius 2 is 1.44 bits per heavy atom. The third kappa shape index (κ3) is 4.46. The number of hydrogen-bond acceptors (Lipinski definition) is 6. The lowest BCUT2D eigenvalue weighted by Gasteiger charge is -2.11. The molecule has 0 aliphatic carbocycles. The van der Waals surface area contributed by atoms with Crippen molar-refractivity contribution in [3.8, 4) is 0 Å². The summed E-state index contributed by atoms with van der Waals surface area (Å²) in [5, 5.41) is 1.91. The van der Waals surface area contributed by atoms with Crippen LogP contribution < -0.4 is 9.44 Å². The minimum Gasteiger partial charge on any atom is -0.280 e. The molecule has 0 spiro atoms. The molecule has 142 valence electrons. The maximum atomic E-state index is 12.5. The molecule has 3 rings (SSSR count). The fourth-order valence-corrected chi connectivity index (χ4v) is 5.18. The molecule has 0 saturated carbocycles. The molecule has 7 nitrogen and oxygen atoms in total. The largest absolute Gasteiger partial charge is 0.280 e. The highest BCUT2D eigenvalue weighted by molar-refractivity contribution is 7.93. The van der Waals surface area contributed by atoms with E-state index in [1.165, 1.54) is 36.5 Å². The Kier molecular flexibility index (Phi) is 5.22. The van der Waals surface area contributed by atoms with E-state index in [-0.39, 0.29) is 20.6 Å². The Morgan fingerprint density at radius 3 is 2.04 bits per heavy atom. The van der Waals surface area contributed by atoms with Crippen molar-refractivity contribution in [1.29, 1.82) is 0 Å². The Labute approximate surface area is 162 Å². The number of benzene rings is 2. The van der Waals surface area contributed by atoms with Crippen LogP contribution in [0.3, 0.4) is 0 Å². The molecule has 0 fully saturated rings. The number of sulfonamides is 2. The molecule has 0 atom stereocenters. The zero-order chi connectivity index (χ0) is 19.7. The van der Waals surface area contributed by atoms with Crippen LogP contribution in [0.4, 0.5) is 10.8 Å². The van der Waals surface area contributed by atoms with E-state index in [2.05, 4.69) is 14.4 Å². The molecule has 0 aliphatic heterocycles. The highest BCUT2D eigenvalue weighted by Crippen LogP contribution is 2.22. The van der Waals surface area contributed by atoms with Gasteiger partial charge in [-0.05, 0) is 61.4 Å². The molecule has 1 aromatic heterocycles. The molecule has 27 heavy (non-hydrogen) atoms. The van der Waals surface area contributed by atoms with Crippen molar-refractivity contribution < 1.29 is 16.8 Å². The van der Waals surface area contributed by atoms with Crippen LogP contribution in [-0.2, 0) is 20.0 Å². The number of aromatic nitrogens is 1. The van der Waals surface area contributed by atoms with Crippen LogP contribution >= 0.6 is 11.3 Å². The normalized spacial score (nSPS) is 11.9. The van der Waals surface area contributed by atoms with Crippen molar-refractivity contribution in [2.75, 3.05) is 9.44 Å². The van der Waals surface area contributed by atoms with Crippen LogP contribution in [-0.4, -0.2) is 21.8 Å². The van der Waals surface area contributed by atoms with Crippen molar-refractivity contribution in [3.63, 3.8) is 0 Å². The van der Waals surface area contributed by atoms with Crippen molar-refractivity contribution in [2.24, 2.45) is 0 Å². The summed E-state index contributed by atoms with van der Waals surface area (Å²) in [5.41, 5.74) is 2.13. The Hall–Kier alpha value is -2.43. The zero-order valence-electron chi connectivity index (χ0n) is 14.5. The van der Waals surface area contributed by atoms with Crippen LogP contribution in [0.15, 0.2) is 63.8 Å². The topological polar surface area (TPSA) is 105 Å². The van der Waals surface area contributed by atoms with Gasteiger partial charge in [-0.2, -0.15) is 0 Å².